The van der Waals surface area contributed by atoms with Crippen LogP contribution in [0.25, 0.3) is 6.08 Å². The van der Waals surface area contributed by atoms with Gasteiger partial charge in [0.05, 0.1) is 11.4 Å². The first-order valence-electron chi connectivity index (χ1n) is 8.45. The van der Waals surface area contributed by atoms with Gasteiger partial charge in [-0.2, -0.15) is 0 Å². The number of allylic oxidation sites excluding steroid dienone is 1. The van der Waals surface area contributed by atoms with E-state index in [1.165, 1.54) is 9.80 Å². The molecule has 6 nitrogen and oxygen atoms in total. The summed E-state index contributed by atoms with van der Waals surface area (Å²) < 4.78 is 5.65. The van der Waals surface area contributed by atoms with Gasteiger partial charge in [-0.05, 0) is 43.5 Å². The molecule has 2 aliphatic heterocycles. The first kappa shape index (κ1) is 17.2. The topological polar surface area (TPSA) is 75.9 Å². The molecule has 1 radical (unpaired) electrons. The van der Waals surface area contributed by atoms with E-state index in [4.69, 9.17) is 10.5 Å². The second-order valence-corrected chi connectivity index (χ2v) is 5.98. The zero-order valence-corrected chi connectivity index (χ0v) is 14.7. The van der Waals surface area contributed by atoms with E-state index in [9.17, 15) is 9.59 Å². The van der Waals surface area contributed by atoms with Crippen LogP contribution < -0.4 is 5.73 Å². The number of carbonyl (C=O) groups excluding carboxylic acids is 2. The average molecular weight is 340 g/mol. The smallest absolute Gasteiger partial charge is 0.318 e. The van der Waals surface area contributed by atoms with Gasteiger partial charge >= 0.3 is 11.8 Å². The summed E-state index contributed by atoms with van der Waals surface area (Å²) >= 11 is 0. The van der Waals surface area contributed by atoms with E-state index >= 15 is 0 Å². The van der Waals surface area contributed by atoms with Crippen LogP contribution in [0.4, 0.5) is 0 Å². The first-order chi connectivity index (χ1) is 12.0. The molecule has 2 aliphatic rings. The minimum absolute atomic E-state index is 0.371. The van der Waals surface area contributed by atoms with Crippen molar-refractivity contribution in [3.8, 4) is 0 Å². The van der Waals surface area contributed by atoms with Crippen molar-refractivity contribution in [2.24, 2.45) is 5.73 Å². The third-order valence-electron chi connectivity index (χ3n) is 4.60. The standard InChI is InChI=1S/C19H22N3O3/c1-4-13-8-6-7-9-14(13)10-11-15-16(20)19(25-5-2)22-12(3)21(15)17(23)18(22)24/h7-12,19H,4-5,20H2,1-3H3. The summed E-state index contributed by atoms with van der Waals surface area (Å²) in [5.41, 5.74) is 9.33. The molecule has 3 rings (SSSR count). The molecule has 1 aromatic carbocycles. The van der Waals surface area contributed by atoms with E-state index in [2.05, 4.69) is 13.0 Å². The van der Waals surface area contributed by atoms with E-state index in [1.807, 2.05) is 31.2 Å². The van der Waals surface area contributed by atoms with E-state index < -0.39 is 24.2 Å². The second-order valence-electron chi connectivity index (χ2n) is 5.98. The van der Waals surface area contributed by atoms with Crippen LogP contribution in [-0.2, 0) is 20.7 Å². The number of nitrogens with zero attached hydrogens (tertiary/aromatic N) is 2. The number of ether oxygens (including phenoxy) is 1. The molecule has 0 aromatic heterocycles. The first-order valence-corrected chi connectivity index (χ1v) is 8.45. The zero-order valence-electron chi connectivity index (χ0n) is 14.7. The fourth-order valence-electron chi connectivity index (χ4n) is 3.32. The monoisotopic (exact) mass is 340 g/mol. The summed E-state index contributed by atoms with van der Waals surface area (Å²) in [6, 6.07) is 8.81. The number of hydrogen-bond donors (Lipinski definition) is 1. The Morgan fingerprint density at radius 1 is 1.28 bits per heavy atom. The molecule has 1 saturated heterocycles. The Morgan fingerprint density at radius 3 is 2.72 bits per heavy atom. The predicted octanol–water partition coefficient (Wildman–Crippen LogP) is 1.63. The minimum Gasteiger partial charge on any atom is -0.397 e. The Kier molecular flexibility index (Phi) is 4.63. The van der Waals surface area contributed by atoms with Crippen LogP contribution in [0.5, 0.6) is 0 Å². The van der Waals surface area contributed by atoms with Gasteiger partial charge in [-0.15, -0.1) is 0 Å². The van der Waals surface area contributed by atoms with Crippen LogP contribution in [0.1, 0.15) is 31.9 Å². The van der Waals surface area contributed by atoms with Gasteiger partial charge in [0.15, 0.2) is 6.23 Å². The molecule has 25 heavy (non-hydrogen) atoms. The van der Waals surface area contributed by atoms with Crippen LogP contribution >= 0.6 is 0 Å². The minimum atomic E-state index is -0.718. The molecule has 2 bridgehead atoms. The van der Waals surface area contributed by atoms with E-state index in [-0.39, 0.29) is 0 Å². The van der Waals surface area contributed by atoms with Crippen molar-refractivity contribution in [2.75, 3.05) is 6.61 Å². The van der Waals surface area contributed by atoms with Gasteiger partial charge in [0.25, 0.3) is 0 Å². The van der Waals surface area contributed by atoms with Gasteiger partial charge < -0.3 is 10.5 Å². The fraction of sp³-hybridized carbons (Fsp3) is 0.368. The summed E-state index contributed by atoms with van der Waals surface area (Å²) in [6.07, 6.45) is 3.44. The Balaban J connectivity index is 2.03. The Morgan fingerprint density at radius 2 is 2.04 bits per heavy atom. The summed E-state index contributed by atoms with van der Waals surface area (Å²) in [5.74, 6) is -1.16. The molecular formula is C19H22N3O3. The SMILES string of the molecule is CCOC1C(N)=C(C=Cc2cc[c]cc2CC)N2C(=O)C(=O)N1C2C. The number of hydrogen-bond acceptors (Lipinski definition) is 4. The molecular weight excluding hydrogens is 318 g/mol. The molecule has 0 aliphatic carbocycles. The Hall–Kier alpha value is -2.60. The van der Waals surface area contributed by atoms with E-state index in [0.717, 1.165) is 17.5 Å². The van der Waals surface area contributed by atoms with Gasteiger partial charge in [0, 0.05) is 6.61 Å². The van der Waals surface area contributed by atoms with Gasteiger partial charge in [0.1, 0.15) is 6.17 Å². The maximum absolute atomic E-state index is 12.4. The van der Waals surface area contributed by atoms with Gasteiger partial charge in [-0.3, -0.25) is 19.4 Å². The highest BCUT2D eigenvalue weighted by atomic mass is 16.5. The number of nitrogens with two attached hydrogens (primary N) is 1. The fourth-order valence-corrected chi connectivity index (χ4v) is 3.32. The van der Waals surface area contributed by atoms with Crippen LogP contribution in [-0.4, -0.2) is 40.6 Å². The number of fused-ring (bicyclic) bond motifs is 2. The Bertz CT molecular complexity index is 769. The van der Waals surface area contributed by atoms with Crippen molar-refractivity contribution in [3.63, 3.8) is 0 Å². The maximum Gasteiger partial charge on any atom is 0.318 e. The molecule has 1 fully saturated rings. The van der Waals surface area contributed by atoms with Crippen molar-refractivity contribution >= 4 is 17.9 Å². The van der Waals surface area contributed by atoms with Crippen molar-refractivity contribution in [3.05, 3.63) is 52.9 Å². The van der Waals surface area contributed by atoms with Crippen molar-refractivity contribution < 1.29 is 14.3 Å². The van der Waals surface area contributed by atoms with Crippen LogP contribution in [0, 0.1) is 6.07 Å². The van der Waals surface area contributed by atoms with Crippen LogP contribution in [0.3, 0.4) is 0 Å². The zero-order chi connectivity index (χ0) is 18.1. The normalized spacial score (nSPS) is 23.3. The summed E-state index contributed by atoms with van der Waals surface area (Å²) in [7, 11) is 0. The number of rotatable bonds is 5. The molecule has 1 aromatic rings. The maximum atomic E-state index is 12.4. The molecule has 0 saturated carbocycles. The molecule has 2 amide bonds. The number of benzene rings is 1. The largest absolute Gasteiger partial charge is 0.397 e. The number of carbonyl (C=O) groups is 2. The highest BCUT2D eigenvalue weighted by molar-refractivity contribution is 6.37. The van der Waals surface area contributed by atoms with Crippen molar-refractivity contribution in [1.29, 1.82) is 0 Å². The second kappa shape index (κ2) is 6.72. The average Bonchev–Trinajstić information content (AvgIpc) is 2.79. The lowest BCUT2D eigenvalue weighted by atomic mass is 10.0. The summed E-state index contributed by atoms with van der Waals surface area (Å²) in [5, 5.41) is 0. The molecule has 2 atom stereocenters. The molecule has 6 heteroatoms. The number of amides is 2. The molecule has 2 heterocycles. The molecule has 2 N–H and O–H groups in total. The highest BCUT2D eigenvalue weighted by Gasteiger charge is 2.52. The van der Waals surface area contributed by atoms with E-state index in [0.29, 0.717) is 18.0 Å². The van der Waals surface area contributed by atoms with Gasteiger partial charge in [0.2, 0.25) is 0 Å². The summed E-state index contributed by atoms with van der Waals surface area (Å²) in [6.45, 7) is 6.09. The lowest BCUT2D eigenvalue weighted by molar-refractivity contribution is -0.147. The Labute approximate surface area is 147 Å². The quantitative estimate of drug-likeness (QED) is 0.827. The third kappa shape index (κ3) is 2.72. The van der Waals surface area contributed by atoms with Crippen LogP contribution in [0.15, 0.2) is 35.7 Å². The molecule has 131 valence electrons. The van der Waals surface area contributed by atoms with Crippen molar-refractivity contribution in [1.82, 2.24) is 9.80 Å². The molecule has 0 spiro atoms. The van der Waals surface area contributed by atoms with Crippen LogP contribution in [0.2, 0.25) is 0 Å². The van der Waals surface area contributed by atoms with Crippen molar-refractivity contribution in [2.45, 2.75) is 39.6 Å². The van der Waals surface area contributed by atoms with E-state index in [1.54, 1.807) is 13.0 Å². The summed E-state index contributed by atoms with van der Waals surface area (Å²) in [4.78, 5) is 27.5. The highest BCUT2D eigenvalue weighted by Crippen LogP contribution is 2.34. The van der Waals surface area contributed by atoms with Gasteiger partial charge in [-0.1, -0.05) is 31.2 Å². The lowest BCUT2D eigenvalue weighted by Gasteiger charge is -2.38. The number of aryl methyl sites for hydroxylation is 1. The van der Waals surface area contributed by atoms with Gasteiger partial charge in [-0.25, -0.2) is 0 Å². The third-order valence-corrected chi connectivity index (χ3v) is 4.60. The molecule has 2 unspecified atom stereocenters. The lowest BCUT2D eigenvalue weighted by Crippen LogP contribution is -2.52. The predicted molar refractivity (Wildman–Crippen MR) is 93.5 cm³/mol.